The fourth-order valence-electron chi connectivity index (χ4n) is 7.06. The number of aliphatic hydroxyl groups excluding tert-OH is 1. The molecule has 3 heterocycles. The number of rotatable bonds is 11. The van der Waals surface area contributed by atoms with Gasteiger partial charge in [-0.05, 0) is 72.3 Å². The Morgan fingerprint density at radius 2 is 1.94 bits per heavy atom. The van der Waals surface area contributed by atoms with Crippen LogP contribution in [0.15, 0.2) is 30.6 Å². The number of anilines is 2. The van der Waals surface area contributed by atoms with Crippen molar-refractivity contribution in [2.45, 2.75) is 65.3 Å². The first-order valence-electron chi connectivity index (χ1n) is 15.8. The maximum atomic E-state index is 14.0. The van der Waals surface area contributed by atoms with Gasteiger partial charge in [0, 0.05) is 55.4 Å². The Morgan fingerprint density at radius 3 is 2.52 bits per heavy atom. The summed E-state index contributed by atoms with van der Waals surface area (Å²) in [5, 5.41) is 22.2. The van der Waals surface area contributed by atoms with Gasteiger partial charge < -0.3 is 26.3 Å². The Balaban J connectivity index is 0.00000145. The molecule has 1 aromatic carbocycles. The van der Waals surface area contributed by atoms with Gasteiger partial charge in [0.15, 0.2) is 6.61 Å². The van der Waals surface area contributed by atoms with E-state index in [1.165, 1.54) is 18.6 Å². The van der Waals surface area contributed by atoms with Gasteiger partial charge in [0.1, 0.15) is 17.4 Å². The monoisotopic (exact) mass is 683 g/mol. The van der Waals surface area contributed by atoms with Crippen LogP contribution >= 0.6 is 11.6 Å². The molecule has 6 rings (SSSR count). The molecule has 3 aliphatic rings. The summed E-state index contributed by atoms with van der Waals surface area (Å²) in [6.45, 7) is 6.79. The van der Waals surface area contributed by atoms with Crippen molar-refractivity contribution in [1.82, 2.24) is 15.0 Å². The van der Waals surface area contributed by atoms with Crippen LogP contribution in [-0.4, -0.2) is 64.3 Å². The van der Waals surface area contributed by atoms with Gasteiger partial charge in [-0.15, -0.1) is 0 Å². The number of primary amides is 1. The van der Waals surface area contributed by atoms with Crippen molar-refractivity contribution in [1.29, 1.82) is 5.41 Å². The molecule has 11 nitrogen and oxygen atoms in total. The number of halogens is 3. The van der Waals surface area contributed by atoms with Crippen LogP contribution in [0.25, 0.3) is 11.1 Å². The van der Waals surface area contributed by atoms with Crippen LogP contribution in [0.1, 0.15) is 62.2 Å². The van der Waals surface area contributed by atoms with Crippen LogP contribution in [0.4, 0.5) is 20.3 Å². The van der Waals surface area contributed by atoms with Crippen LogP contribution < -0.4 is 20.7 Å². The summed E-state index contributed by atoms with van der Waals surface area (Å²) in [6.07, 6.45) is 7.03. The highest BCUT2D eigenvalue weighted by molar-refractivity contribution is 6.30. The second-order valence-corrected chi connectivity index (χ2v) is 13.7. The van der Waals surface area contributed by atoms with Crippen LogP contribution in [0.2, 0.25) is 5.02 Å². The molecule has 2 saturated carbocycles. The number of aliphatic hydroxyl groups is 1. The lowest BCUT2D eigenvalue weighted by Crippen LogP contribution is -2.50. The Hall–Kier alpha value is -4.23. The van der Waals surface area contributed by atoms with Gasteiger partial charge in [-0.2, -0.15) is 0 Å². The van der Waals surface area contributed by atoms with E-state index in [-0.39, 0.29) is 55.7 Å². The van der Waals surface area contributed by atoms with E-state index in [1.807, 2.05) is 19.1 Å². The Kier molecular flexibility index (Phi) is 10.0. The third-order valence-corrected chi connectivity index (χ3v) is 9.85. The number of hydrogen-bond donors (Lipinski definition) is 4. The number of carbonyl (C=O) groups excluding carboxylic acids is 2. The van der Waals surface area contributed by atoms with E-state index in [1.54, 1.807) is 11.0 Å². The number of fused-ring (bicyclic) bond motifs is 1. The Labute approximate surface area is 282 Å². The quantitative estimate of drug-likeness (QED) is 0.156. The fourth-order valence-corrected chi connectivity index (χ4v) is 7.16. The van der Waals surface area contributed by atoms with Crippen molar-refractivity contribution in [3.8, 4) is 16.9 Å². The zero-order chi connectivity index (χ0) is 34.9. The summed E-state index contributed by atoms with van der Waals surface area (Å²) in [5.74, 6) is -2.34. The largest absolute Gasteiger partial charge is 0.482 e. The summed E-state index contributed by atoms with van der Waals surface area (Å²) in [4.78, 5) is 36.2. The van der Waals surface area contributed by atoms with Gasteiger partial charge in [0.25, 0.3) is 11.8 Å². The predicted molar refractivity (Wildman–Crippen MR) is 179 cm³/mol. The van der Waals surface area contributed by atoms with Crippen molar-refractivity contribution in [3.05, 3.63) is 58.3 Å². The first-order chi connectivity index (χ1) is 22.8. The minimum absolute atomic E-state index is 0.0715. The molecule has 1 atom stereocenters. The molecular weight excluding hydrogens is 644 g/mol. The zero-order valence-corrected chi connectivity index (χ0v) is 27.9. The molecule has 0 bridgehead atoms. The molecule has 2 aliphatic carbocycles. The lowest BCUT2D eigenvalue weighted by Gasteiger charge is -2.54. The van der Waals surface area contributed by atoms with Gasteiger partial charge in [-0.1, -0.05) is 31.5 Å². The minimum atomic E-state index is -2.70. The highest BCUT2D eigenvalue weighted by Gasteiger charge is 2.56. The molecule has 2 amide bonds. The van der Waals surface area contributed by atoms with Crippen LogP contribution in [0.3, 0.4) is 0 Å². The number of alkyl halides is 2. The van der Waals surface area contributed by atoms with Crippen molar-refractivity contribution >= 4 is 41.6 Å². The second kappa shape index (κ2) is 13.7. The van der Waals surface area contributed by atoms with Gasteiger partial charge in [-0.25, -0.2) is 23.7 Å². The third kappa shape index (κ3) is 7.12. The molecule has 2 fully saturated rings. The van der Waals surface area contributed by atoms with Crippen LogP contribution in [0, 0.1) is 29.1 Å². The lowest BCUT2D eigenvalue weighted by atomic mass is 9.53. The highest BCUT2D eigenvalue weighted by atomic mass is 35.5. The van der Waals surface area contributed by atoms with Crippen LogP contribution in [0.5, 0.6) is 5.75 Å². The summed E-state index contributed by atoms with van der Waals surface area (Å²) in [7, 11) is 0. The number of nitrogens with one attached hydrogen (secondary N) is 2. The third-order valence-electron chi connectivity index (χ3n) is 9.66. The standard InChI is InChI=1S/C33H37ClF2N6O3.CH3NO/c1-4-32(18-43)15-31(3,16-32)17-40-30-23(10-37)29(19(2)24(41-30)8-21-9-33(21,35)36)20-5-6-25-26(7-20)45-14-28(44)42(25)13-27-38-11-22(34)12-39-27;2-1-3/h5-7,10-12,21,37,43H,4,8-9,13-18H2,1-3H3,(H,40,41);1H,(H2,2,3). The van der Waals surface area contributed by atoms with E-state index in [4.69, 9.17) is 31.5 Å². The topological polar surface area (TPSA) is 167 Å². The average molecular weight is 684 g/mol. The number of nitrogens with two attached hydrogens (primary N) is 1. The molecule has 3 aromatic rings. The van der Waals surface area contributed by atoms with E-state index in [2.05, 4.69) is 34.9 Å². The maximum absolute atomic E-state index is 14.0. The molecule has 0 saturated heterocycles. The van der Waals surface area contributed by atoms with E-state index >= 15 is 0 Å². The van der Waals surface area contributed by atoms with Gasteiger partial charge in [-0.3, -0.25) is 14.5 Å². The number of pyridine rings is 1. The number of hydrogen-bond acceptors (Lipinski definition) is 9. The minimum Gasteiger partial charge on any atom is -0.482 e. The van der Waals surface area contributed by atoms with E-state index in [9.17, 15) is 18.7 Å². The zero-order valence-electron chi connectivity index (χ0n) is 27.2. The van der Waals surface area contributed by atoms with Gasteiger partial charge >= 0.3 is 0 Å². The van der Waals surface area contributed by atoms with E-state index < -0.39 is 11.8 Å². The van der Waals surface area contributed by atoms with E-state index in [0.717, 1.165) is 30.4 Å². The van der Waals surface area contributed by atoms with Crippen molar-refractivity contribution in [2.24, 2.45) is 22.5 Å². The molecule has 256 valence electrons. The predicted octanol–water partition coefficient (Wildman–Crippen LogP) is 5.32. The average Bonchev–Trinajstić information content (AvgIpc) is 3.66. The second-order valence-electron chi connectivity index (χ2n) is 13.3. The van der Waals surface area contributed by atoms with Gasteiger partial charge in [0.2, 0.25) is 6.41 Å². The van der Waals surface area contributed by atoms with Crippen molar-refractivity contribution in [3.63, 3.8) is 0 Å². The number of amides is 2. The molecule has 0 radical (unpaired) electrons. The number of nitrogens with zero attached hydrogens (tertiary/aromatic N) is 4. The number of benzene rings is 1. The first-order valence-corrected chi connectivity index (χ1v) is 16.1. The summed E-state index contributed by atoms with van der Waals surface area (Å²) >= 11 is 5.92. The summed E-state index contributed by atoms with van der Waals surface area (Å²) < 4.78 is 34.0. The number of aromatic nitrogens is 3. The molecule has 14 heteroatoms. The molecule has 5 N–H and O–H groups in total. The Morgan fingerprint density at radius 1 is 1.27 bits per heavy atom. The van der Waals surface area contributed by atoms with Crippen LogP contribution in [-0.2, 0) is 22.6 Å². The van der Waals surface area contributed by atoms with E-state index in [0.29, 0.717) is 51.5 Å². The normalized spacial score (nSPS) is 23.5. The summed E-state index contributed by atoms with van der Waals surface area (Å²) in [5.41, 5.74) is 7.82. The molecule has 1 aliphatic heterocycles. The Bertz CT molecular complexity index is 1690. The molecule has 0 spiro atoms. The summed E-state index contributed by atoms with van der Waals surface area (Å²) in [6, 6.07) is 5.44. The van der Waals surface area contributed by atoms with Gasteiger partial charge in [0.05, 0.1) is 17.3 Å². The maximum Gasteiger partial charge on any atom is 0.265 e. The number of ether oxygens (including phenoxy) is 1. The first kappa shape index (κ1) is 35.1. The number of carbonyl (C=O) groups is 2. The smallest absolute Gasteiger partial charge is 0.265 e. The molecule has 48 heavy (non-hydrogen) atoms. The highest BCUT2D eigenvalue weighted by Crippen LogP contribution is 2.56. The van der Waals surface area contributed by atoms with Crippen molar-refractivity contribution < 1.29 is 28.2 Å². The lowest BCUT2D eigenvalue weighted by molar-refractivity contribution is -0.121. The molecular formula is C34H40ClF2N7O4. The SMILES string of the molecule is CCC1(CO)CC(C)(CNc2nc(CC3CC3(F)F)c(C)c(-c3ccc4c(c3)OCC(=O)N4Cc3ncc(Cl)cn3)c2C=N)C1.NC=O. The van der Waals surface area contributed by atoms with Crippen molar-refractivity contribution in [2.75, 3.05) is 30.0 Å². The molecule has 1 unspecified atom stereocenters. The molecule has 2 aromatic heterocycles. The fraction of sp³-hybridized carbons (Fsp3) is 0.471.